The minimum atomic E-state index is 0.665. The lowest BCUT2D eigenvalue weighted by molar-refractivity contribution is 0.347. The number of nitrogens with zero attached hydrogens (tertiary/aromatic N) is 3. The highest BCUT2D eigenvalue weighted by Crippen LogP contribution is 2.14. The Bertz CT molecular complexity index is 264. The zero-order chi connectivity index (χ0) is 10.4. The Morgan fingerprint density at radius 3 is 2.93 bits per heavy atom. The standard InChI is InChI=1S/C7H15N5S2/c1-12(3-4-13-2)5-6-10-11-7(9-8)14-6/h3-5,8H2,1-2H3,(H,9,11). The van der Waals surface area contributed by atoms with Crippen LogP contribution in [-0.2, 0) is 6.54 Å². The average Bonchev–Trinajstić information content (AvgIpc) is 2.62. The topological polar surface area (TPSA) is 67.1 Å². The molecule has 1 aromatic rings. The van der Waals surface area contributed by atoms with Crippen LogP contribution in [0.4, 0.5) is 5.13 Å². The summed E-state index contributed by atoms with van der Waals surface area (Å²) < 4.78 is 0. The molecule has 0 saturated heterocycles. The van der Waals surface area contributed by atoms with Crippen LogP contribution in [0.15, 0.2) is 0 Å². The van der Waals surface area contributed by atoms with Crippen molar-refractivity contribution in [1.82, 2.24) is 15.1 Å². The molecule has 0 amide bonds. The first-order valence-electron chi connectivity index (χ1n) is 4.22. The predicted molar refractivity (Wildman–Crippen MR) is 62.4 cm³/mol. The molecule has 0 atom stereocenters. The Balaban J connectivity index is 2.35. The number of nitrogen functional groups attached to an aromatic ring is 1. The van der Waals surface area contributed by atoms with Crippen LogP contribution in [-0.4, -0.2) is 40.7 Å². The van der Waals surface area contributed by atoms with Gasteiger partial charge in [0.2, 0.25) is 5.13 Å². The maximum atomic E-state index is 5.22. The van der Waals surface area contributed by atoms with Gasteiger partial charge in [0.15, 0.2) is 0 Å². The quantitative estimate of drug-likeness (QED) is 0.554. The lowest BCUT2D eigenvalue weighted by Crippen LogP contribution is -2.20. The van der Waals surface area contributed by atoms with Gasteiger partial charge in [0, 0.05) is 12.3 Å². The fraction of sp³-hybridized carbons (Fsp3) is 0.714. The molecule has 5 nitrogen and oxygen atoms in total. The third kappa shape index (κ3) is 3.79. The van der Waals surface area contributed by atoms with Crippen molar-refractivity contribution in [3.63, 3.8) is 0 Å². The molecule has 0 aromatic carbocycles. The first kappa shape index (κ1) is 11.7. The first-order valence-corrected chi connectivity index (χ1v) is 6.43. The maximum absolute atomic E-state index is 5.22. The third-order valence-electron chi connectivity index (χ3n) is 1.67. The SMILES string of the molecule is CSCCN(C)Cc1nnc(NN)s1. The third-order valence-corrected chi connectivity index (χ3v) is 3.10. The highest BCUT2D eigenvalue weighted by atomic mass is 32.2. The van der Waals surface area contributed by atoms with Gasteiger partial charge in [0.1, 0.15) is 5.01 Å². The molecule has 7 heteroatoms. The Labute approximate surface area is 92.0 Å². The van der Waals surface area contributed by atoms with Gasteiger partial charge >= 0.3 is 0 Å². The summed E-state index contributed by atoms with van der Waals surface area (Å²) in [5, 5.41) is 9.53. The molecule has 80 valence electrons. The van der Waals surface area contributed by atoms with Crippen molar-refractivity contribution >= 4 is 28.2 Å². The van der Waals surface area contributed by atoms with Gasteiger partial charge in [-0.2, -0.15) is 11.8 Å². The molecular formula is C7H15N5S2. The van der Waals surface area contributed by atoms with Crippen LogP contribution < -0.4 is 11.3 Å². The van der Waals surface area contributed by atoms with Crippen molar-refractivity contribution in [1.29, 1.82) is 0 Å². The summed E-state index contributed by atoms with van der Waals surface area (Å²) in [5.41, 5.74) is 2.49. The smallest absolute Gasteiger partial charge is 0.219 e. The van der Waals surface area contributed by atoms with E-state index in [4.69, 9.17) is 5.84 Å². The second-order valence-corrected chi connectivity index (χ2v) is 4.92. The summed E-state index contributed by atoms with van der Waals surface area (Å²) in [7, 11) is 2.08. The molecule has 0 spiro atoms. The predicted octanol–water partition coefficient (Wildman–Crippen LogP) is 0.618. The van der Waals surface area contributed by atoms with Gasteiger partial charge in [0.05, 0.1) is 6.54 Å². The van der Waals surface area contributed by atoms with Gasteiger partial charge in [-0.25, -0.2) is 5.84 Å². The molecule has 0 aliphatic carbocycles. The Morgan fingerprint density at radius 1 is 1.57 bits per heavy atom. The first-order chi connectivity index (χ1) is 6.76. The number of nitrogens with two attached hydrogens (primary N) is 1. The molecule has 0 aliphatic heterocycles. The van der Waals surface area contributed by atoms with E-state index in [0.717, 1.165) is 23.8 Å². The van der Waals surface area contributed by atoms with Crippen LogP contribution in [0.2, 0.25) is 0 Å². The molecule has 1 heterocycles. The number of hydrogen-bond donors (Lipinski definition) is 2. The second-order valence-electron chi connectivity index (χ2n) is 2.88. The van der Waals surface area contributed by atoms with E-state index in [1.54, 1.807) is 0 Å². The fourth-order valence-electron chi connectivity index (χ4n) is 0.933. The van der Waals surface area contributed by atoms with Gasteiger partial charge in [-0.05, 0) is 13.3 Å². The summed E-state index contributed by atoms with van der Waals surface area (Å²) in [6.07, 6.45) is 2.11. The molecule has 0 unspecified atom stereocenters. The van der Waals surface area contributed by atoms with Crippen LogP contribution in [0.1, 0.15) is 5.01 Å². The minimum absolute atomic E-state index is 0.665. The van der Waals surface area contributed by atoms with E-state index in [1.807, 2.05) is 11.8 Å². The van der Waals surface area contributed by atoms with E-state index in [9.17, 15) is 0 Å². The van der Waals surface area contributed by atoms with Crippen molar-refractivity contribution in [2.24, 2.45) is 5.84 Å². The number of hydrogen-bond acceptors (Lipinski definition) is 7. The summed E-state index contributed by atoms with van der Waals surface area (Å²) in [4.78, 5) is 2.22. The van der Waals surface area contributed by atoms with Gasteiger partial charge in [-0.15, -0.1) is 10.2 Å². The van der Waals surface area contributed by atoms with E-state index >= 15 is 0 Å². The summed E-state index contributed by atoms with van der Waals surface area (Å²) >= 11 is 3.33. The van der Waals surface area contributed by atoms with E-state index in [1.165, 1.54) is 11.3 Å². The van der Waals surface area contributed by atoms with Gasteiger partial charge < -0.3 is 0 Å². The Hall–Kier alpha value is -0.370. The largest absolute Gasteiger partial charge is 0.299 e. The van der Waals surface area contributed by atoms with Crippen LogP contribution in [0.3, 0.4) is 0 Å². The van der Waals surface area contributed by atoms with Crippen LogP contribution >= 0.6 is 23.1 Å². The highest BCUT2D eigenvalue weighted by Gasteiger charge is 2.05. The molecule has 0 aliphatic rings. The van der Waals surface area contributed by atoms with Crippen molar-refractivity contribution in [3.8, 4) is 0 Å². The molecular weight excluding hydrogens is 218 g/mol. The van der Waals surface area contributed by atoms with Crippen molar-refractivity contribution in [3.05, 3.63) is 5.01 Å². The number of hydrazine groups is 1. The highest BCUT2D eigenvalue weighted by molar-refractivity contribution is 7.98. The lowest BCUT2D eigenvalue weighted by atomic mass is 10.5. The van der Waals surface area contributed by atoms with Crippen molar-refractivity contribution in [2.45, 2.75) is 6.54 Å². The maximum Gasteiger partial charge on any atom is 0.219 e. The molecule has 3 N–H and O–H groups in total. The second kappa shape index (κ2) is 6.18. The Kier molecular flexibility index (Phi) is 5.16. The summed E-state index contributed by atoms with van der Waals surface area (Å²) in [5.74, 6) is 6.35. The van der Waals surface area contributed by atoms with E-state index in [0.29, 0.717) is 5.13 Å². The van der Waals surface area contributed by atoms with Crippen LogP contribution in [0.5, 0.6) is 0 Å². The van der Waals surface area contributed by atoms with Crippen LogP contribution in [0.25, 0.3) is 0 Å². The van der Waals surface area contributed by atoms with Crippen LogP contribution in [0, 0.1) is 0 Å². The molecule has 0 bridgehead atoms. The van der Waals surface area contributed by atoms with E-state index < -0.39 is 0 Å². The van der Waals surface area contributed by atoms with Crippen molar-refractivity contribution < 1.29 is 0 Å². The molecule has 14 heavy (non-hydrogen) atoms. The Morgan fingerprint density at radius 2 is 2.36 bits per heavy atom. The number of thioether (sulfide) groups is 1. The van der Waals surface area contributed by atoms with Crippen molar-refractivity contribution in [2.75, 3.05) is 31.0 Å². The number of nitrogens with one attached hydrogen (secondary N) is 1. The van der Waals surface area contributed by atoms with Gasteiger partial charge in [-0.1, -0.05) is 11.3 Å². The van der Waals surface area contributed by atoms with E-state index in [2.05, 4.69) is 33.8 Å². The average molecular weight is 233 g/mol. The number of aromatic nitrogens is 2. The fourth-order valence-corrected chi connectivity index (χ4v) is 2.16. The van der Waals surface area contributed by atoms with E-state index in [-0.39, 0.29) is 0 Å². The zero-order valence-corrected chi connectivity index (χ0v) is 9.99. The number of rotatable bonds is 6. The molecule has 1 rings (SSSR count). The number of anilines is 1. The minimum Gasteiger partial charge on any atom is -0.299 e. The van der Waals surface area contributed by atoms with Gasteiger partial charge in [0.25, 0.3) is 0 Å². The monoisotopic (exact) mass is 233 g/mol. The molecule has 0 fully saturated rings. The molecule has 0 saturated carbocycles. The molecule has 1 aromatic heterocycles. The normalized spacial score (nSPS) is 10.9. The summed E-state index contributed by atoms with van der Waals surface area (Å²) in [6.45, 7) is 1.89. The zero-order valence-electron chi connectivity index (χ0n) is 8.36. The summed E-state index contributed by atoms with van der Waals surface area (Å²) in [6, 6.07) is 0. The van der Waals surface area contributed by atoms with Gasteiger partial charge in [-0.3, -0.25) is 10.3 Å². The molecule has 0 radical (unpaired) electrons. The lowest BCUT2D eigenvalue weighted by Gasteiger charge is -2.12.